The van der Waals surface area contributed by atoms with E-state index in [1.807, 2.05) is 0 Å². The summed E-state index contributed by atoms with van der Waals surface area (Å²) < 4.78 is 4.95. The number of pyridine rings is 1. The van der Waals surface area contributed by atoms with Crippen molar-refractivity contribution in [3.05, 3.63) is 28.0 Å². The lowest BCUT2D eigenvalue weighted by Crippen LogP contribution is -2.42. The molecule has 0 aliphatic heterocycles. The van der Waals surface area contributed by atoms with Gasteiger partial charge in [-0.15, -0.1) is 0 Å². The van der Waals surface area contributed by atoms with Gasteiger partial charge in [0.2, 0.25) is 0 Å². The van der Waals surface area contributed by atoms with Crippen molar-refractivity contribution in [3.63, 3.8) is 0 Å². The molecule has 7 heteroatoms. The Morgan fingerprint density at radius 2 is 2.05 bits per heavy atom. The Kier molecular flexibility index (Phi) is 6.03. The Labute approximate surface area is 139 Å². The van der Waals surface area contributed by atoms with Gasteiger partial charge in [-0.1, -0.05) is 43.0 Å². The maximum Gasteiger partial charge on any atom is 0.359 e. The van der Waals surface area contributed by atoms with Gasteiger partial charge in [0.1, 0.15) is 5.15 Å². The molecule has 1 aliphatic carbocycles. The smallest absolute Gasteiger partial charge is 0.359 e. The van der Waals surface area contributed by atoms with Crippen LogP contribution in [0, 0.1) is 5.92 Å². The first-order chi connectivity index (χ1) is 10.5. The van der Waals surface area contributed by atoms with Crippen LogP contribution in [0.1, 0.15) is 43.1 Å². The molecule has 120 valence electrons. The zero-order valence-corrected chi connectivity index (χ0v) is 13.8. The molecule has 0 radical (unpaired) electrons. The van der Waals surface area contributed by atoms with Crippen LogP contribution in [0.4, 0.5) is 0 Å². The summed E-state index contributed by atoms with van der Waals surface area (Å²) in [5, 5.41) is 3.18. The lowest BCUT2D eigenvalue weighted by atomic mass is 9.86. The van der Waals surface area contributed by atoms with E-state index >= 15 is 0 Å². The largest absolute Gasteiger partial charge is 0.451 e. The minimum absolute atomic E-state index is 0.0898. The quantitative estimate of drug-likeness (QED) is 0.672. The van der Waals surface area contributed by atoms with E-state index in [9.17, 15) is 9.59 Å². The van der Waals surface area contributed by atoms with E-state index in [0.717, 1.165) is 19.3 Å². The second-order valence-electron chi connectivity index (χ2n) is 5.48. The van der Waals surface area contributed by atoms with Gasteiger partial charge in [-0.25, -0.2) is 9.78 Å². The fourth-order valence-corrected chi connectivity index (χ4v) is 2.87. The standard InChI is InChI=1S/C15H18Cl2N2O3/c1-9-4-2-3-5-11(9)18-13(20)8-22-15(21)14-10(16)6-7-12(17)19-14/h6-7,9,11H,2-5,8H2,1H3,(H,18,20). The summed E-state index contributed by atoms with van der Waals surface area (Å²) >= 11 is 11.6. The molecule has 0 aromatic carbocycles. The normalized spacial score (nSPS) is 21.2. The lowest BCUT2D eigenvalue weighted by Gasteiger charge is -2.29. The summed E-state index contributed by atoms with van der Waals surface area (Å²) in [5.41, 5.74) is -0.0898. The predicted molar refractivity (Wildman–Crippen MR) is 84.1 cm³/mol. The highest BCUT2D eigenvalue weighted by Gasteiger charge is 2.23. The van der Waals surface area contributed by atoms with Crippen LogP contribution in [0.3, 0.4) is 0 Å². The molecule has 1 amide bonds. The second kappa shape index (κ2) is 7.79. The number of carbonyl (C=O) groups is 2. The van der Waals surface area contributed by atoms with Gasteiger partial charge in [0.25, 0.3) is 5.91 Å². The number of nitrogens with zero attached hydrogens (tertiary/aromatic N) is 1. The first kappa shape index (κ1) is 17.0. The Morgan fingerprint density at radius 3 is 2.77 bits per heavy atom. The van der Waals surface area contributed by atoms with Crippen LogP contribution in [-0.2, 0) is 9.53 Å². The van der Waals surface area contributed by atoms with Gasteiger partial charge >= 0.3 is 5.97 Å². The molecule has 0 bridgehead atoms. The number of esters is 1. The van der Waals surface area contributed by atoms with Gasteiger partial charge in [0.15, 0.2) is 12.3 Å². The monoisotopic (exact) mass is 344 g/mol. The molecule has 1 aliphatic rings. The predicted octanol–water partition coefficient (Wildman–Crippen LogP) is 3.24. The molecule has 1 aromatic heterocycles. The highest BCUT2D eigenvalue weighted by Crippen LogP contribution is 2.23. The first-order valence-corrected chi connectivity index (χ1v) is 8.01. The van der Waals surface area contributed by atoms with Gasteiger partial charge < -0.3 is 10.1 Å². The third-order valence-electron chi connectivity index (χ3n) is 3.80. The zero-order valence-electron chi connectivity index (χ0n) is 12.3. The fraction of sp³-hybridized carbons (Fsp3) is 0.533. The van der Waals surface area contributed by atoms with Crippen molar-refractivity contribution in [2.75, 3.05) is 6.61 Å². The number of hydrogen-bond acceptors (Lipinski definition) is 4. The number of amides is 1. The fourth-order valence-electron chi connectivity index (χ4n) is 2.54. The number of nitrogens with one attached hydrogen (secondary N) is 1. The molecule has 1 aromatic rings. The number of carbonyl (C=O) groups excluding carboxylic acids is 2. The van der Waals surface area contributed by atoms with Gasteiger partial charge in [0.05, 0.1) is 5.02 Å². The Hall–Kier alpha value is -1.33. The number of hydrogen-bond donors (Lipinski definition) is 1. The number of ether oxygens (including phenoxy) is 1. The van der Waals surface area contributed by atoms with E-state index in [2.05, 4.69) is 17.2 Å². The molecule has 1 N–H and O–H groups in total. The van der Waals surface area contributed by atoms with E-state index in [1.54, 1.807) is 0 Å². The zero-order chi connectivity index (χ0) is 16.1. The summed E-state index contributed by atoms with van der Waals surface area (Å²) in [7, 11) is 0. The van der Waals surface area contributed by atoms with E-state index in [0.29, 0.717) is 5.92 Å². The van der Waals surface area contributed by atoms with E-state index in [1.165, 1.54) is 18.6 Å². The summed E-state index contributed by atoms with van der Waals surface area (Å²) in [6.45, 7) is 1.76. The van der Waals surface area contributed by atoms with E-state index < -0.39 is 5.97 Å². The van der Waals surface area contributed by atoms with Crippen LogP contribution >= 0.6 is 23.2 Å². The Bertz CT molecular complexity index is 566. The molecule has 2 atom stereocenters. The van der Waals surface area contributed by atoms with Crippen molar-refractivity contribution < 1.29 is 14.3 Å². The maximum absolute atomic E-state index is 11.9. The molecule has 0 spiro atoms. The molecular weight excluding hydrogens is 327 g/mol. The second-order valence-corrected chi connectivity index (χ2v) is 6.27. The van der Waals surface area contributed by atoms with Crippen molar-refractivity contribution in [2.45, 2.75) is 38.6 Å². The summed E-state index contributed by atoms with van der Waals surface area (Å²) in [6, 6.07) is 3.07. The SMILES string of the molecule is CC1CCCCC1NC(=O)COC(=O)c1nc(Cl)ccc1Cl. The van der Waals surface area contributed by atoms with E-state index in [-0.39, 0.29) is 34.4 Å². The molecule has 0 saturated heterocycles. The third-order valence-corrected chi connectivity index (χ3v) is 4.31. The minimum Gasteiger partial charge on any atom is -0.451 e. The van der Waals surface area contributed by atoms with Crippen molar-refractivity contribution in [2.24, 2.45) is 5.92 Å². The minimum atomic E-state index is -0.764. The first-order valence-electron chi connectivity index (χ1n) is 7.26. The summed E-state index contributed by atoms with van der Waals surface area (Å²) in [5.74, 6) is -0.637. The van der Waals surface area contributed by atoms with Gasteiger partial charge in [-0.05, 0) is 30.9 Å². The van der Waals surface area contributed by atoms with Crippen LogP contribution in [0.5, 0.6) is 0 Å². The van der Waals surface area contributed by atoms with Gasteiger partial charge in [-0.3, -0.25) is 4.79 Å². The molecule has 1 saturated carbocycles. The highest BCUT2D eigenvalue weighted by molar-refractivity contribution is 6.34. The number of halogens is 2. The molecule has 5 nitrogen and oxygen atoms in total. The van der Waals surface area contributed by atoms with E-state index in [4.69, 9.17) is 27.9 Å². The van der Waals surface area contributed by atoms with Crippen LogP contribution < -0.4 is 5.32 Å². The average molecular weight is 345 g/mol. The third kappa shape index (κ3) is 4.58. The molecular formula is C15H18Cl2N2O3. The highest BCUT2D eigenvalue weighted by atomic mass is 35.5. The Morgan fingerprint density at radius 1 is 1.32 bits per heavy atom. The average Bonchev–Trinajstić information content (AvgIpc) is 2.49. The topological polar surface area (TPSA) is 68.3 Å². The van der Waals surface area contributed by atoms with Crippen LogP contribution in [0.25, 0.3) is 0 Å². The number of aromatic nitrogens is 1. The van der Waals surface area contributed by atoms with Gasteiger partial charge in [-0.2, -0.15) is 0 Å². The van der Waals surface area contributed by atoms with Crippen molar-refractivity contribution in [1.82, 2.24) is 10.3 Å². The van der Waals surface area contributed by atoms with Gasteiger partial charge in [0, 0.05) is 6.04 Å². The number of rotatable bonds is 4. The molecule has 1 heterocycles. The molecule has 2 unspecified atom stereocenters. The Balaban J connectivity index is 1.85. The van der Waals surface area contributed by atoms with Crippen molar-refractivity contribution in [1.29, 1.82) is 0 Å². The lowest BCUT2D eigenvalue weighted by molar-refractivity contribution is -0.125. The van der Waals surface area contributed by atoms with Crippen LogP contribution in [0.2, 0.25) is 10.2 Å². The summed E-state index contributed by atoms with van der Waals surface area (Å²) in [4.78, 5) is 27.6. The van der Waals surface area contributed by atoms with Crippen molar-refractivity contribution in [3.8, 4) is 0 Å². The van der Waals surface area contributed by atoms with Crippen molar-refractivity contribution >= 4 is 35.1 Å². The maximum atomic E-state index is 11.9. The molecule has 2 rings (SSSR count). The van der Waals surface area contributed by atoms with Crippen LogP contribution in [-0.4, -0.2) is 29.5 Å². The summed E-state index contributed by atoms with van der Waals surface area (Å²) in [6.07, 6.45) is 4.37. The molecule has 1 fully saturated rings. The van der Waals surface area contributed by atoms with Crippen LogP contribution in [0.15, 0.2) is 12.1 Å². The molecule has 22 heavy (non-hydrogen) atoms.